The first kappa shape index (κ1) is 25.7. The molecule has 0 spiro atoms. The SMILES string of the molecule is CCC[CH2][Sn]([CH2]CCC)([CH2]CCC)[CH2][N+](C)(C)Cc1ccccc1.[I-]. The van der Waals surface area contributed by atoms with E-state index in [0.29, 0.717) is 0 Å². The van der Waals surface area contributed by atoms with Crippen molar-refractivity contribution in [3.8, 4) is 0 Å². The predicted molar refractivity (Wildman–Crippen MR) is 112 cm³/mol. The largest absolute Gasteiger partial charge is 1.00 e. The maximum absolute atomic E-state index is 2.49. The van der Waals surface area contributed by atoms with Crippen molar-refractivity contribution in [3.63, 3.8) is 0 Å². The summed E-state index contributed by atoms with van der Waals surface area (Å²) in [6, 6.07) is 11.1. The van der Waals surface area contributed by atoms with Gasteiger partial charge in [-0.2, -0.15) is 0 Å². The van der Waals surface area contributed by atoms with Crippen molar-refractivity contribution in [2.75, 3.05) is 18.7 Å². The van der Waals surface area contributed by atoms with E-state index in [1.165, 1.54) is 59.7 Å². The second-order valence-electron chi connectivity index (χ2n) is 8.55. The minimum absolute atomic E-state index is 0. The van der Waals surface area contributed by atoms with E-state index in [9.17, 15) is 0 Å². The van der Waals surface area contributed by atoms with Crippen LogP contribution in [0.4, 0.5) is 0 Å². The number of hydrogen-bond acceptors (Lipinski definition) is 0. The fraction of sp³-hybridized carbons (Fsp3) is 0.727. The van der Waals surface area contributed by atoms with Gasteiger partial charge in [-0.1, -0.05) is 0 Å². The Labute approximate surface area is 179 Å². The molecule has 0 N–H and O–H groups in total. The predicted octanol–water partition coefficient (Wildman–Crippen LogP) is 3.66. The molecule has 0 heterocycles. The molecule has 0 aliphatic heterocycles. The van der Waals surface area contributed by atoms with Gasteiger partial charge in [0.25, 0.3) is 0 Å². The minimum Gasteiger partial charge on any atom is -1.00 e. The average molecular weight is 566 g/mol. The number of halogens is 1. The third-order valence-corrected chi connectivity index (χ3v) is 21.9. The Bertz CT molecular complexity index is 411. The summed E-state index contributed by atoms with van der Waals surface area (Å²) in [7, 11) is 4.98. The number of hydrogen-bond donors (Lipinski definition) is 0. The smallest absolute Gasteiger partial charge is 1.00 e. The van der Waals surface area contributed by atoms with Crippen LogP contribution in [0, 0.1) is 0 Å². The Morgan fingerprint density at radius 3 is 1.60 bits per heavy atom. The maximum atomic E-state index is 2.49. The molecule has 0 fully saturated rings. The Morgan fingerprint density at radius 2 is 1.20 bits per heavy atom. The Hall–Kier alpha value is 0.709. The van der Waals surface area contributed by atoms with Crippen LogP contribution in [-0.2, 0) is 6.54 Å². The zero-order valence-corrected chi connectivity index (χ0v) is 22.5. The molecule has 1 nitrogen and oxygen atoms in total. The molecule has 146 valence electrons. The molecule has 0 radical (unpaired) electrons. The zero-order chi connectivity index (χ0) is 17.9. The first-order valence-corrected chi connectivity index (χ1v) is 18.4. The molecule has 0 saturated carbocycles. The van der Waals surface area contributed by atoms with Crippen molar-refractivity contribution in [2.45, 2.75) is 79.2 Å². The average Bonchev–Trinajstić information content (AvgIpc) is 2.56. The molecule has 0 saturated heterocycles. The number of nitrogens with zero attached hydrogens (tertiary/aromatic N) is 1. The van der Waals surface area contributed by atoms with Crippen LogP contribution in [0.1, 0.15) is 64.9 Å². The van der Waals surface area contributed by atoms with Gasteiger partial charge in [-0.05, 0) is 0 Å². The molecule has 1 rings (SSSR count). The summed E-state index contributed by atoms with van der Waals surface area (Å²) < 4.78 is 7.62. The molecule has 1 aromatic carbocycles. The van der Waals surface area contributed by atoms with Gasteiger partial charge in [-0.25, -0.2) is 0 Å². The molecular weight excluding hydrogens is 524 g/mol. The normalized spacial score (nSPS) is 12.0. The van der Waals surface area contributed by atoms with Crippen molar-refractivity contribution in [1.82, 2.24) is 0 Å². The Kier molecular flexibility index (Phi) is 14.2. The Morgan fingerprint density at radius 1 is 0.760 bits per heavy atom. The summed E-state index contributed by atoms with van der Waals surface area (Å²) in [6.07, 6.45) is 8.58. The van der Waals surface area contributed by atoms with E-state index in [4.69, 9.17) is 0 Å². The van der Waals surface area contributed by atoms with Crippen LogP contribution in [-0.4, -0.2) is 41.5 Å². The van der Waals surface area contributed by atoms with Gasteiger partial charge in [0.05, 0.1) is 0 Å². The fourth-order valence-electron chi connectivity index (χ4n) is 4.31. The summed E-state index contributed by atoms with van der Waals surface area (Å²) in [5.74, 6) is 0. The van der Waals surface area contributed by atoms with Crippen LogP contribution in [0.2, 0.25) is 13.3 Å². The monoisotopic (exact) mass is 567 g/mol. The first-order valence-electron chi connectivity index (χ1n) is 10.3. The first-order chi connectivity index (χ1) is 11.5. The van der Waals surface area contributed by atoms with Crippen LogP contribution >= 0.6 is 0 Å². The summed E-state index contributed by atoms with van der Waals surface area (Å²) in [5.41, 5.74) is 1.50. The Balaban J connectivity index is 0.00000576. The number of quaternary nitrogens is 1. The minimum atomic E-state index is -2.05. The van der Waals surface area contributed by atoms with E-state index in [2.05, 4.69) is 65.2 Å². The van der Waals surface area contributed by atoms with Crippen LogP contribution in [0.5, 0.6) is 0 Å². The number of unbranched alkanes of at least 4 members (excludes halogenated alkanes) is 3. The van der Waals surface area contributed by atoms with Gasteiger partial charge < -0.3 is 24.0 Å². The van der Waals surface area contributed by atoms with Crippen LogP contribution in [0.3, 0.4) is 0 Å². The molecule has 0 aliphatic rings. The molecule has 0 atom stereocenters. The molecular formula is C22H42INSn. The second kappa shape index (κ2) is 13.8. The van der Waals surface area contributed by atoms with Gasteiger partial charge in [-0.3, -0.25) is 0 Å². The van der Waals surface area contributed by atoms with E-state index in [1.54, 1.807) is 13.3 Å². The third-order valence-electron chi connectivity index (χ3n) is 5.40. The van der Waals surface area contributed by atoms with Crippen molar-refractivity contribution in [2.24, 2.45) is 0 Å². The zero-order valence-electron chi connectivity index (χ0n) is 17.5. The maximum Gasteiger partial charge on any atom is -1.00 e. The topological polar surface area (TPSA) is 0 Å². The standard InChI is InChI=1S/C10H15N.3C4H9.HI.Sn/c1-11(2,3)9-10-7-5-4-6-8-10;3*1-3-4-2;;/h4-8H,1,9H2,2-3H3;3*1,3-4H2,2H3;1H;/q+1;;;;;/p-1. The fourth-order valence-corrected chi connectivity index (χ4v) is 22.8. The molecule has 0 unspecified atom stereocenters. The van der Waals surface area contributed by atoms with Gasteiger partial charge in [0.2, 0.25) is 0 Å². The van der Waals surface area contributed by atoms with Crippen LogP contribution < -0.4 is 24.0 Å². The second-order valence-corrected chi connectivity index (χ2v) is 22.3. The molecule has 0 bridgehead atoms. The van der Waals surface area contributed by atoms with Crippen molar-refractivity contribution in [3.05, 3.63) is 35.9 Å². The molecule has 1 aromatic rings. The van der Waals surface area contributed by atoms with E-state index < -0.39 is 18.4 Å². The molecule has 3 heteroatoms. The van der Waals surface area contributed by atoms with E-state index in [0.717, 1.165) is 0 Å². The molecule has 25 heavy (non-hydrogen) atoms. The summed E-state index contributed by atoms with van der Waals surface area (Å²) >= 11 is -2.05. The van der Waals surface area contributed by atoms with E-state index in [1.807, 2.05) is 0 Å². The summed E-state index contributed by atoms with van der Waals surface area (Å²) in [4.78, 5) is 0. The van der Waals surface area contributed by atoms with Gasteiger partial charge in [0, 0.05) is 0 Å². The van der Waals surface area contributed by atoms with Crippen LogP contribution in [0.25, 0.3) is 0 Å². The number of rotatable bonds is 13. The molecule has 0 aliphatic carbocycles. The molecule has 0 aromatic heterocycles. The van der Waals surface area contributed by atoms with Crippen molar-refractivity contribution >= 4 is 18.4 Å². The summed E-state index contributed by atoms with van der Waals surface area (Å²) in [6.45, 7) is 8.32. The molecule has 0 amide bonds. The van der Waals surface area contributed by atoms with Gasteiger partial charge in [0.15, 0.2) is 0 Å². The third kappa shape index (κ3) is 10.6. The van der Waals surface area contributed by atoms with Gasteiger partial charge in [0.1, 0.15) is 0 Å². The van der Waals surface area contributed by atoms with Crippen molar-refractivity contribution < 1.29 is 28.5 Å². The van der Waals surface area contributed by atoms with Gasteiger partial charge >= 0.3 is 157 Å². The quantitative estimate of drug-likeness (QED) is 0.195. The van der Waals surface area contributed by atoms with Crippen LogP contribution in [0.15, 0.2) is 30.3 Å². The summed E-state index contributed by atoms with van der Waals surface area (Å²) in [5, 5.41) is 0. The van der Waals surface area contributed by atoms with Crippen molar-refractivity contribution in [1.29, 1.82) is 0 Å². The van der Waals surface area contributed by atoms with E-state index >= 15 is 0 Å². The van der Waals surface area contributed by atoms with Gasteiger partial charge in [-0.15, -0.1) is 0 Å². The van der Waals surface area contributed by atoms with E-state index in [-0.39, 0.29) is 24.0 Å². The number of benzene rings is 1.